The van der Waals surface area contributed by atoms with Gasteiger partial charge in [0, 0.05) is 43.7 Å². The summed E-state index contributed by atoms with van der Waals surface area (Å²) in [5.74, 6) is -0.278. The van der Waals surface area contributed by atoms with Crippen molar-refractivity contribution >= 4 is 10.9 Å². The Hall–Kier alpha value is -3.02. The van der Waals surface area contributed by atoms with E-state index in [-0.39, 0.29) is 5.82 Å². The highest BCUT2D eigenvalue weighted by molar-refractivity contribution is 5.94. The molecule has 0 spiro atoms. The molecule has 152 valence electrons. The van der Waals surface area contributed by atoms with Crippen LogP contribution in [0.2, 0.25) is 0 Å². The molecule has 0 unspecified atom stereocenters. The smallest absolute Gasteiger partial charge is 0.148 e. The average molecular weight is 401 g/mol. The maximum absolute atomic E-state index is 14.4. The van der Waals surface area contributed by atoms with Gasteiger partial charge in [0.25, 0.3) is 0 Å². The first kappa shape index (κ1) is 19.0. The number of halogens is 1. The number of piperazine rings is 1. The van der Waals surface area contributed by atoms with Gasteiger partial charge in [-0.15, -0.1) is 0 Å². The number of nitrogens with zero attached hydrogens (tertiary/aromatic N) is 4. The van der Waals surface area contributed by atoms with E-state index in [0.29, 0.717) is 5.69 Å². The van der Waals surface area contributed by atoms with Gasteiger partial charge < -0.3 is 4.90 Å². The van der Waals surface area contributed by atoms with Gasteiger partial charge in [-0.1, -0.05) is 54.6 Å². The summed E-state index contributed by atoms with van der Waals surface area (Å²) in [6, 6.07) is 23.4. The lowest BCUT2D eigenvalue weighted by molar-refractivity contribution is 0.148. The second kappa shape index (κ2) is 8.01. The molecule has 0 radical (unpaired) electrons. The molecule has 0 saturated carbocycles. The number of hydrogen-bond acceptors (Lipinski definition) is 3. The van der Waals surface area contributed by atoms with Crippen LogP contribution in [0.4, 0.5) is 4.39 Å². The van der Waals surface area contributed by atoms with E-state index < -0.39 is 0 Å². The summed E-state index contributed by atoms with van der Waals surface area (Å²) in [5, 5.41) is 5.83. The zero-order chi connectivity index (χ0) is 20.5. The summed E-state index contributed by atoms with van der Waals surface area (Å²) in [4.78, 5) is 4.87. The van der Waals surface area contributed by atoms with Gasteiger partial charge >= 0.3 is 0 Å². The zero-order valence-electron chi connectivity index (χ0n) is 17.1. The molecule has 0 aliphatic carbocycles. The highest BCUT2D eigenvalue weighted by atomic mass is 19.1. The molecule has 3 aromatic carbocycles. The maximum atomic E-state index is 14.4. The van der Waals surface area contributed by atoms with Crippen LogP contribution in [0.25, 0.3) is 27.8 Å². The third kappa shape index (κ3) is 3.62. The molecule has 0 bridgehead atoms. The predicted octanol–water partition coefficient (Wildman–Crippen LogP) is 4.58. The van der Waals surface area contributed by atoms with Gasteiger partial charge in [0.1, 0.15) is 17.2 Å². The molecule has 0 atom stereocenters. The van der Waals surface area contributed by atoms with E-state index in [2.05, 4.69) is 41.1 Å². The monoisotopic (exact) mass is 400 g/mol. The Labute approximate surface area is 176 Å². The van der Waals surface area contributed by atoms with E-state index in [9.17, 15) is 4.39 Å². The fourth-order valence-electron chi connectivity index (χ4n) is 4.12. The highest BCUT2D eigenvalue weighted by Gasteiger charge is 2.16. The number of para-hydroxylation sites is 2. The number of hydrogen-bond donors (Lipinski definition) is 0. The van der Waals surface area contributed by atoms with Gasteiger partial charge in [-0.05, 0) is 30.8 Å². The number of benzene rings is 3. The molecule has 4 aromatic rings. The van der Waals surface area contributed by atoms with Crippen LogP contribution in [0, 0.1) is 5.82 Å². The van der Waals surface area contributed by atoms with E-state index in [1.54, 1.807) is 16.8 Å². The Morgan fingerprint density at radius 2 is 1.53 bits per heavy atom. The fraction of sp³-hybridized carbons (Fsp3) is 0.240. The molecule has 1 saturated heterocycles. The lowest BCUT2D eigenvalue weighted by atomic mass is 10.1. The molecule has 30 heavy (non-hydrogen) atoms. The molecule has 2 heterocycles. The van der Waals surface area contributed by atoms with Crippen molar-refractivity contribution in [3.63, 3.8) is 0 Å². The zero-order valence-corrected chi connectivity index (χ0v) is 17.1. The lowest BCUT2D eigenvalue weighted by Crippen LogP contribution is -2.43. The van der Waals surface area contributed by atoms with Crippen molar-refractivity contribution in [2.45, 2.75) is 6.54 Å². The summed E-state index contributed by atoms with van der Waals surface area (Å²) in [7, 11) is 2.18. The van der Waals surface area contributed by atoms with Gasteiger partial charge in [-0.2, -0.15) is 5.10 Å². The third-order valence-electron chi connectivity index (χ3n) is 5.90. The quantitative estimate of drug-likeness (QED) is 0.501. The molecule has 5 heteroatoms. The van der Waals surface area contributed by atoms with E-state index in [0.717, 1.165) is 54.9 Å². The Balaban J connectivity index is 1.47. The second-order valence-electron chi connectivity index (χ2n) is 8.01. The van der Waals surface area contributed by atoms with Crippen LogP contribution >= 0.6 is 0 Å². The second-order valence-corrected chi connectivity index (χ2v) is 8.01. The SMILES string of the molecule is CN1CCN(Cc2ccc(-c3nn(-c4ccccc4F)c4ccccc34)cc2)CC1. The number of fused-ring (bicyclic) bond motifs is 1. The Bertz CT molecular complexity index is 1160. The number of aromatic nitrogens is 2. The molecule has 0 amide bonds. The molecule has 0 N–H and O–H groups in total. The molecule has 1 aliphatic rings. The number of rotatable bonds is 4. The highest BCUT2D eigenvalue weighted by Crippen LogP contribution is 2.30. The van der Waals surface area contributed by atoms with Crippen molar-refractivity contribution in [2.24, 2.45) is 0 Å². The first-order valence-electron chi connectivity index (χ1n) is 10.4. The van der Waals surface area contributed by atoms with Crippen molar-refractivity contribution in [1.82, 2.24) is 19.6 Å². The van der Waals surface area contributed by atoms with Crippen molar-refractivity contribution < 1.29 is 4.39 Å². The van der Waals surface area contributed by atoms with Crippen LogP contribution in [0.15, 0.2) is 72.8 Å². The molecular weight excluding hydrogens is 375 g/mol. The van der Waals surface area contributed by atoms with Crippen LogP contribution in [0.5, 0.6) is 0 Å². The van der Waals surface area contributed by atoms with Crippen molar-refractivity contribution in [3.05, 3.63) is 84.2 Å². The largest absolute Gasteiger partial charge is 0.304 e. The molecule has 1 aliphatic heterocycles. The Morgan fingerprint density at radius 1 is 0.833 bits per heavy atom. The van der Waals surface area contributed by atoms with E-state index >= 15 is 0 Å². The number of likely N-dealkylation sites (N-methyl/N-ethyl adjacent to an activating group) is 1. The van der Waals surface area contributed by atoms with E-state index in [4.69, 9.17) is 5.10 Å². The maximum Gasteiger partial charge on any atom is 0.148 e. The van der Waals surface area contributed by atoms with Gasteiger partial charge in [-0.3, -0.25) is 4.90 Å². The van der Waals surface area contributed by atoms with Crippen molar-refractivity contribution in [2.75, 3.05) is 33.2 Å². The Morgan fingerprint density at radius 3 is 2.30 bits per heavy atom. The summed E-state index contributed by atoms with van der Waals surface area (Å²) in [5.41, 5.74) is 4.59. The first-order chi connectivity index (χ1) is 14.7. The molecule has 4 nitrogen and oxygen atoms in total. The molecular formula is C25H25FN4. The fourth-order valence-corrected chi connectivity index (χ4v) is 4.12. The average Bonchev–Trinajstić information content (AvgIpc) is 3.16. The normalized spacial score (nSPS) is 15.7. The van der Waals surface area contributed by atoms with Gasteiger partial charge in [0.2, 0.25) is 0 Å². The van der Waals surface area contributed by atoms with Crippen LogP contribution < -0.4 is 0 Å². The minimum Gasteiger partial charge on any atom is -0.304 e. The molecule has 5 rings (SSSR count). The van der Waals surface area contributed by atoms with Crippen LogP contribution in [-0.2, 0) is 6.54 Å². The van der Waals surface area contributed by atoms with E-state index in [1.807, 2.05) is 30.3 Å². The van der Waals surface area contributed by atoms with Crippen LogP contribution in [0.1, 0.15) is 5.56 Å². The van der Waals surface area contributed by atoms with Crippen LogP contribution in [0.3, 0.4) is 0 Å². The minimum absolute atomic E-state index is 0.278. The van der Waals surface area contributed by atoms with Gasteiger partial charge in [0.05, 0.1) is 5.52 Å². The minimum atomic E-state index is -0.278. The predicted molar refractivity (Wildman–Crippen MR) is 119 cm³/mol. The van der Waals surface area contributed by atoms with E-state index in [1.165, 1.54) is 11.6 Å². The van der Waals surface area contributed by atoms with Crippen molar-refractivity contribution in [3.8, 4) is 16.9 Å². The molecule has 1 aromatic heterocycles. The topological polar surface area (TPSA) is 24.3 Å². The van der Waals surface area contributed by atoms with Gasteiger partial charge in [-0.25, -0.2) is 9.07 Å². The molecule has 1 fully saturated rings. The summed E-state index contributed by atoms with van der Waals surface area (Å²) >= 11 is 0. The third-order valence-corrected chi connectivity index (χ3v) is 5.90. The Kier molecular flexibility index (Phi) is 5.07. The summed E-state index contributed by atoms with van der Waals surface area (Å²) < 4.78 is 16.2. The van der Waals surface area contributed by atoms with Crippen molar-refractivity contribution in [1.29, 1.82) is 0 Å². The van der Waals surface area contributed by atoms with Crippen LogP contribution in [-0.4, -0.2) is 52.8 Å². The summed E-state index contributed by atoms with van der Waals surface area (Å²) in [6.45, 7) is 5.43. The lowest BCUT2D eigenvalue weighted by Gasteiger charge is -2.32. The standard InChI is InChI=1S/C25H25FN4/c1-28-14-16-29(17-15-28)18-19-10-12-20(13-11-19)25-21-6-2-4-8-23(21)30(27-25)24-9-5-3-7-22(24)26/h2-13H,14-18H2,1H3. The van der Waals surface area contributed by atoms with Gasteiger partial charge in [0.15, 0.2) is 0 Å². The summed E-state index contributed by atoms with van der Waals surface area (Å²) in [6.07, 6.45) is 0. The first-order valence-corrected chi connectivity index (χ1v) is 10.4.